The average molecular weight is 336 g/mol. The van der Waals surface area contributed by atoms with E-state index in [1.165, 1.54) is 18.5 Å². The van der Waals surface area contributed by atoms with Gasteiger partial charge in [-0.1, -0.05) is 0 Å². The van der Waals surface area contributed by atoms with Crippen LogP contribution >= 0.6 is 0 Å². The van der Waals surface area contributed by atoms with E-state index in [1.54, 1.807) is 6.33 Å². The lowest BCUT2D eigenvalue weighted by Crippen LogP contribution is -2.29. The zero-order chi connectivity index (χ0) is 16.8. The van der Waals surface area contributed by atoms with Gasteiger partial charge in [-0.25, -0.2) is 9.97 Å². The first kappa shape index (κ1) is 15.2. The number of nitrogens with zero attached hydrogens (tertiary/aromatic N) is 6. The minimum Gasteiger partial charge on any atom is -0.356 e. The van der Waals surface area contributed by atoms with Crippen LogP contribution in [-0.4, -0.2) is 51.0 Å². The molecule has 5 rings (SSSR count). The number of hydrogen-bond acceptors (Lipinski definition) is 6. The largest absolute Gasteiger partial charge is 0.356 e. The molecule has 2 aliphatic heterocycles. The van der Waals surface area contributed by atoms with Gasteiger partial charge in [0.15, 0.2) is 0 Å². The first-order valence-electron chi connectivity index (χ1n) is 9.31. The molecular formula is C19H24N6. The van der Waals surface area contributed by atoms with Gasteiger partial charge in [-0.2, -0.15) is 0 Å². The van der Waals surface area contributed by atoms with Gasteiger partial charge in [-0.3, -0.25) is 14.9 Å². The Kier molecular flexibility index (Phi) is 3.66. The van der Waals surface area contributed by atoms with Gasteiger partial charge < -0.3 is 4.90 Å². The summed E-state index contributed by atoms with van der Waals surface area (Å²) in [6, 6.07) is 2.22. The van der Waals surface area contributed by atoms with E-state index in [-0.39, 0.29) is 0 Å². The lowest BCUT2D eigenvalue weighted by molar-refractivity contribution is 0.304. The Morgan fingerprint density at radius 3 is 2.44 bits per heavy atom. The van der Waals surface area contributed by atoms with Gasteiger partial charge >= 0.3 is 0 Å². The van der Waals surface area contributed by atoms with Gasteiger partial charge in [0, 0.05) is 62.8 Å². The number of likely N-dealkylation sites (tertiary alicyclic amines) is 1. The molecule has 2 aromatic heterocycles. The normalized spacial score (nSPS) is 26.2. The molecule has 130 valence electrons. The maximum absolute atomic E-state index is 4.54. The Bertz CT molecular complexity index is 743. The molecule has 0 radical (unpaired) electrons. The molecule has 0 aromatic carbocycles. The minimum absolute atomic E-state index is 0.690. The van der Waals surface area contributed by atoms with Crippen LogP contribution in [0.5, 0.6) is 0 Å². The fraction of sp³-hybridized carbons (Fsp3) is 0.579. The minimum atomic E-state index is 0.690. The first-order chi connectivity index (χ1) is 12.2. The molecular weight excluding hydrogens is 312 g/mol. The van der Waals surface area contributed by atoms with Crippen molar-refractivity contribution >= 4 is 5.82 Å². The molecule has 2 unspecified atom stereocenters. The Balaban J connectivity index is 1.21. The Morgan fingerprint density at radius 1 is 0.960 bits per heavy atom. The summed E-state index contributed by atoms with van der Waals surface area (Å²) in [5, 5.41) is 0. The van der Waals surface area contributed by atoms with E-state index in [4.69, 9.17) is 0 Å². The molecule has 0 N–H and O–H groups in total. The lowest BCUT2D eigenvalue weighted by atomic mass is 10.0. The van der Waals surface area contributed by atoms with Crippen LogP contribution in [0.4, 0.5) is 5.82 Å². The maximum atomic E-state index is 4.54. The van der Waals surface area contributed by atoms with E-state index >= 15 is 0 Å². The predicted molar refractivity (Wildman–Crippen MR) is 95.2 cm³/mol. The van der Waals surface area contributed by atoms with Crippen LogP contribution in [0.3, 0.4) is 0 Å². The Morgan fingerprint density at radius 2 is 1.76 bits per heavy atom. The SMILES string of the molecule is Cc1cnc(CN2CC3CN(c4cc(C5CC5)ncn4)CC3C2)cn1. The molecule has 6 heteroatoms. The second-order valence-corrected chi connectivity index (χ2v) is 7.84. The van der Waals surface area contributed by atoms with E-state index in [0.717, 1.165) is 61.8 Å². The third kappa shape index (κ3) is 3.11. The Labute approximate surface area is 148 Å². The summed E-state index contributed by atoms with van der Waals surface area (Å²) in [4.78, 5) is 22.8. The number of hydrogen-bond donors (Lipinski definition) is 0. The van der Waals surface area contributed by atoms with Crippen LogP contribution in [0.1, 0.15) is 35.8 Å². The standard InChI is InChI=1S/C19H24N6/c1-13-5-21-17(6-20-13)11-24-7-15-9-25(10-16(15)8-24)19-4-18(14-2-3-14)22-12-23-19/h4-6,12,14-16H,2-3,7-11H2,1H3. The van der Waals surface area contributed by atoms with Crippen LogP contribution in [0.2, 0.25) is 0 Å². The van der Waals surface area contributed by atoms with E-state index in [1.807, 2.05) is 19.3 Å². The van der Waals surface area contributed by atoms with Crippen molar-refractivity contribution in [2.45, 2.75) is 32.2 Å². The van der Waals surface area contributed by atoms with Crippen molar-refractivity contribution in [1.82, 2.24) is 24.8 Å². The lowest BCUT2D eigenvalue weighted by Gasteiger charge is -2.22. The maximum Gasteiger partial charge on any atom is 0.132 e. The molecule has 4 heterocycles. The van der Waals surface area contributed by atoms with Crippen molar-refractivity contribution < 1.29 is 0 Å². The third-order valence-electron chi connectivity index (χ3n) is 5.78. The van der Waals surface area contributed by atoms with Crippen molar-refractivity contribution in [3.8, 4) is 0 Å². The van der Waals surface area contributed by atoms with Crippen LogP contribution < -0.4 is 4.90 Å². The molecule has 1 saturated carbocycles. The first-order valence-corrected chi connectivity index (χ1v) is 9.31. The monoisotopic (exact) mass is 336 g/mol. The highest BCUT2D eigenvalue weighted by molar-refractivity contribution is 5.42. The number of anilines is 1. The summed E-state index contributed by atoms with van der Waals surface area (Å²) >= 11 is 0. The summed E-state index contributed by atoms with van der Waals surface area (Å²) in [5.74, 6) is 3.28. The predicted octanol–water partition coefficient (Wildman–Crippen LogP) is 2.02. The summed E-state index contributed by atoms with van der Waals surface area (Å²) in [6.07, 6.45) is 8.10. The second kappa shape index (κ2) is 6.02. The fourth-order valence-electron chi connectivity index (χ4n) is 4.27. The smallest absolute Gasteiger partial charge is 0.132 e. The second-order valence-electron chi connectivity index (χ2n) is 7.84. The molecule has 25 heavy (non-hydrogen) atoms. The molecule has 2 atom stereocenters. The van der Waals surface area contributed by atoms with Crippen LogP contribution in [0.25, 0.3) is 0 Å². The zero-order valence-electron chi connectivity index (χ0n) is 14.7. The van der Waals surface area contributed by atoms with Gasteiger partial charge in [0.05, 0.1) is 11.4 Å². The zero-order valence-corrected chi connectivity index (χ0v) is 14.7. The van der Waals surface area contributed by atoms with Gasteiger partial charge in [-0.15, -0.1) is 0 Å². The molecule has 3 aliphatic rings. The van der Waals surface area contributed by atoms with Gasteiger partial charge in [0.2, 0.25) is 0 Å². The summed E-state index contributed by atoms with van der Waals surface area (Å²) in [5.41, 5.74) is 3.29. The summed E-state index contributed by atoms with van der Waals surface area (Å²) in [6.45, 7) is 7.42. The summed E-state index contributed by atoms with van der Waals surface area (Å²) in [7, 11) is 0. The topological polar surface area (TPSA) is 58.0 Å². The highest BCUT2D eigenvalue weighted by Crippen LogP contribution is 2.40. The molecule has 3 fully saturated rings. The third-order valence-corrected chi connectivity index (χ3v) is 5.78. The van der Waals surface area contributed by atoms with Crippen LogP contribution in [0.15, 0.2) is 24.8 Å². The number of fused-ring (bicyclic) bond motifs is 1. The molecule has 6 nitrogen and oxygen atoms in total. The molecule has 0 amide bonds. The van der Waals surface area contributed by atoms with Crippen molar-refractivity contribution in [2.75, 3.05) is 31.1 Å². The number of aryl methyl sites for hydroxylation is 1. The van der Waals surface area contributed by atoms with Crippen molar-refractivity contribution in [1.29, 1.82) is 0 Å². The number of rotatable bonds is 4. The molecule has 1 aliphatic carbocycles. The quantitative estimate of drug-likeness (QED) is 0.851. The van der Waals surface area contributed by atoms with Gasteiger partial charge in [-0.05, 0) is 31.6 Å². The highest BCUT2D eigenvalue weighted by Gasteiger charge is 2.40. The molecule has 2 aromatic rings. The molecule has 2 saturated heterocycles. The summed E-state index contributed by atoms with van der Waals surface area (Å²) < 4.78 is 0. The van der Waals surface area contributed by atoms with E-state index in [0.29, 0.717) is 5.92 Å². The van der Waals surface area contributed by atoms with E-state index in [9.17, 15) is 0 Å². The molecule has 0 spiro atoms. The fourth-order valence-corrected chi connectivity index (χ4v) is 4.27. The molecule has 0 bridgehead atoms. The van der Waals surface area contributed by atoms with E-state index in [2.05, 4.69) is 35.8 Å². The van der Waals surface area contributed by atoms with Crippen LogP contribution in [-0.2, 0) is 6.54 Å². The van der Waals surface area contributed by atoms with Gasteiger partial charge in [0.25, 0.3) is 0 Å². The van der Waals surface area contributed by atoms with Gasteiger partial charge in [0.1, 0.15) is 12.1 Å². The van der Waals surface area contributed by atoms with Crippen LogP contribution in [0, 0.1) is 18.8 Å². The Hall–Kier alpha value is -2.08. The van der Waals surface area contributed by atoms with Crippen molar-refractivity contribution in [2.24, 2.45) is 11.8 Å². The van der Waals surface area contributed by atoms with E-state index < -0.39 is 0 Å². The highest BCUT2D eigenvalue weighted by atomic mass is 15.3. The average Bonchev–Trinajstić information content (AvgIpc) is 3.30. The number of aromatic nitrogens is 4. The van der Waals surface area contributed by atoms with Crippen molar-refractivity contribution in [3.63, 3.8) is 0 Å². The van der Waals surface area contributed by atoms with Crippen molar-refractivity contribution in [3.05, 3.63) is 41.9 Å².